The summed E-state index contributed by atoms with van der Waals surface area (Å²) in [7, 11) is 1.25. The summed E-state index contributed by atoms with van der Waals surface area (Å²) in [6.45, 7) is 6.96. The number of phenolic OH excluding ortho intramolecular Hbond substituents is 1. The standard InChI is InChI=1S/C12H13NO3/c1-4-5-8-6-7-9(12(15)16-3)11(14)10(8)13-2/h4,6-7,14H,1-2,5H2,3H3. The van der Waals surface area contributed by atoms with Gasteiger partial charge in [-0.2, -0.15) is 0 Å². The number of esters is 1. The summed E-state index contributed by atoms with van der Waals surface area (Å²) in [5.41, 5.74) is 1.13. The second-order valence-electron chi connectivity index (χ2n) is 3.11. The average molecular weight is 219 g/mol. The van der Waals surface area contributed by atoms with Gasteiger partial charge in [0.1, 0.15) is 11.3 Å². The average Bonchev–Trinajstić information content (AvgIpc) is 2.29. The highest BCUT2D eigenvalue weighted by atomic mass is 16.5. The van der Waals surface area contributed by atoms with Crippen LogP contribution in [0.1, 0.15) is 15.9 Å². The van der Waals surface area contributed by atoms with Crippen LogP contribution in [0.5, 0.6) is 5.75 Å². The molecule has 0 saturated heterocycles. The van der Waals surface area contributed by atoms with E-state index in [1.165, 1.54) is 13.2 Å². The van der Waals surface area contributed by atoms with Crippen molar-refractivity contribution < 1.29 is 14.6 Å². The molecule has 0 amide bonds. The molecule has 0 aliphatic heterocycles. The molecule has 0 spiro atoms. The number of methoxy groups -OCH3 is 1. The van der Waals surface area contributed by atoms with Crippen molar-refractivity contribution in [1.82, 2.24) is 0 Å². The van der Waals surface area contributed by atoms with Gasteiger partial charge in [-0.05, 0) is 24.8 Å². The maximum absolute atomic E-state index is 11.3. The Balaban J connectivity index is 3.33. The van der Waals surface area contributed by atoms with Crippen LogP contribution in [0.25, 0.3) is 0 Å². The fraction of sp³-hybridized carbons (Fsp3) is 0.167. The zero-order chi connectivity index (χ0) is 12.1. The Hall–Kier alpha value is -2.10. The van der Waals surface area contributed by atoms with Gasteiger partial charge in [-0.3, -0.25) is 4.99 Å². The van der Waals surface area contributed by atoms with Crippen LogP contribution >= 0.6 is 0 Å². The van der Waals surface area contributed by atoms with Gasteiger partial charge in [0.2, 0.25) is 0 Å². The number of nitrogens with zero attached hydrogens (tertiary/aromatic N) is 1. The number of carbonyl (C=O) groups is 1. The van der Waals surface area contributed by atoms with Gasteiger partial charge in [0.15, 0.2) is 5.75 Å². The number of hydrogen-bond donors (Lipinski definition) is 1. The largest absolute Gasteiger partial charge is 0.505 e. The molecular weight excluding hydrogens is 206 g/mol. The first-order valence-electron chi connectivity index (χ1n) is 4.66. The fourth-order valence-corrected chi connectivity index (χ4v) is 1.39. The molecule has 0 aliphatic carbocycles. The summed E-state index contributed by atoms with van der Waals surface area (Å²) in [5, 5.41) is 9.83. The lowest BCUT2D eigenvalue weighted by molar-refractivity contribution is 0.0597. The Bertz CT molecular complexity index is 438. The number of rotatable bonds is 4. The van der Waals surface area contributed by atoms with Crippen molar-refractivity contribution in [1.29, 1.82) is 0 Å². The number of ether oxygens (including phenoxy) is 1. The summed E-state index contributed by atoms with van der Waals surface area (Å²) in [6, 6.07) is 3.19. The van der Waals surface area contributed by atoms with Gasteiger partial charge in [0.25, 0.3) is 0 Å². The van der Waals surface area contributed by atoms with Crippen LogP contribution in [0, 0.1) is 0 Å². The van der Waals surface area contributed by atoms with E-state index in [2.05, 4.69) is 23.0 Å². The van der Waals surface area contributed by atoms with Crippen LogP contribution in [0.4, 0.5) is 5.69 Å². The predicted molar refractivity (Wildman–Crippen MR) is 62.6 cm³/mol. The van der Waals surface area contributed by atoms with E-state index in [0.29, 0.717) is 12.1 Å². The minimum Gasteiger partial charge on any atom is -0.505 e. The Morgan fingerprint density at radius 1 is 1.62 bits per heavy atom. The predicted octanol–water partition coefficient (Wildman–Crippen LogP) is 2.24. The van der Waals surface area contributed by atoms with Crippen LogP contribution in [0.15, 0.2) is 29.8 Å². The molecule has 0 aliphatic rings. The number of carbonyl (C=O) groups excluding carboxylic acids is 1. The number of allylic oxidation sites excluding steroid dienone is 1. The topological polar surface area (TPSA) is 58.9 Å². The van der Waals surface area contributed by atoms with Gasteiger partial charge in [-0.15, -0.1) is 6.58 Å². The fourth-order valence-electron chi connectivity index (χ4n) is 1.39. The smallest absolute Gasteiger partial charge is 0.341 e. The van der Waals surface area contributed by atoms with Gasteiger partial charge in [-0.25, -0.2) is 4.79 Å². The zero-order valence-electron chi connectivity index (χ0n) is 9.06. The maximum atomic E-state index is 11.3. The van der Waals surface area contributed by atoms with Crippen molar-refractivity contribution >= 4 is 18.4 Å². The van der Waals surface area contributed by atoms with Crippen molar-refractivity contribution in [3.8, 4) is 5.75 Å². The zero-order valence-corrected chi connectivity index (χ0v) is 9.06. The van der Waals surface area contributed by atoms with E-state index in [1.54, 1.807) is 12.1 Å². The molecule has 1 aromatic carbocycles. The molecular formula is C12H13NO3. The van der Waals surface area contributed by atoms with Gasteiger partial charge in [0.05, 0.1) is 7.11 Å². The third-order valence-corrected chi connectivity index (χ3v) is 2.16. The molecule has 0 heterocycles. The van der Waals surface area contributed by atoms with Crippen molar-refractivity contribution in [2.75, 3.05) is 7.11 Å². The molecule has 4 heteroatoms. The summed E-state index contributed by atoms with van der Waals surface area (Å²) in [5.74, 6) is -0.811. The van der Waals surface area contributed by atoms with E-state index in [-0.39, 0.29) is 11.3 Å². The second kappa shape index (κ2) is 5.11. The molecule has 0 fully saturated rings. The van der Waals surface area contributed by atoms with E-state index < -0.39 is 5.97 Å². The molecule has 16 heavy (non-hydrogen) atoms. The molecule has 1 aromatic rings. The van der Waals surface area contributed by atoms with Crippen LogP contribution in [-0.4, -0.2) is 24.9 Å². The third-order valence-electron chi connectivity index (χ3n) is 2.16. The monoisotopic (exact) mass is 219 g/mol. The van der Waals surface area contributed by atoms with E-state index in [4.69, 9.17) is 0 Å². The van der Waals surface area contributed by atoms with Crippen molar-refractivity contribution in [2.24, 2.45) is 4.99 Å². The quantitative estimate of drug-likeness (QED) is 0.480. The summed E-state index contributed by atoms with van der Waals surface area (Å²) in [6.07, 6.45) is 2.23. The van der Waals surface area contributed by atoms with Crippen LogP contribution in [0.3, 0.4) is 0 Å². The molecule has 0 radical (unpaired) electrons. The minimum atomic E-state index is -0.604. The van der Waals surface area contributed by atoms with Crippen LogP contribution in [0.2, 0.25) is 0 Å². The number of hydrogen-bond acceptors (Lipinski definition) is 4. The molecule has 4 nitrogen and oxygen atoms in total. The molecule has 0 bridgehead atoms. The van der Waals surface area contributed by atoms with Crippen molar-refractivity contribution in [3.05, 3.63) is 35.9 Å². The highest BCUT2D eigenvalue weighted by Crippen LogP contribution is 2.34. The first-order valence-corrected chi connectivity index (χ1v) is 4.66. The first kappa shape index (κ1) is 12.0. The Kier molecular flexibility index (Phi) is 3.83. The van der Waals surface area contributed by atoms with Crippen LogP contribution in [-0.2, 0) is 11.2 Å². The second-order valence-corrected chi connectivity index (χ2v) is 3.11. The Morgan fingerprint density at radius 2 is 2.31 bits per heavy atom. The van der Waals surface area contributed by atoms with Crippen molar-refractivity contribution in [2.45, 2.75) is 6.42 Å². The molecule has 1 rings (SSSR count). The number of aromatic hydroxyl groups is 1. The number of phenols is 1. The van der Waals surface area contributed by atoms with Crippen molar-refractivity contribution in [3.63, 3.8) is 0 Å². The van der Waals surface area contributed by atoms with Gasteiger partial charge in [-0.1, -0.05) is 12.1 Å². The van der Waals surface area contributed by atoms with Gasteiger partial charge >= 0.3 is 5.97 Å². The molecule has 0 unspecified atom stereocenters. The lowest BCUT2D eigenvalue weighted by atomic mass is 10.0. The molecule has 1 N–H and O–H groups in total. The van der Waals surface area contributed by atoms with Gasteiger partial charge in [0, 0.05) is 0 Å². The van der Waals surface area contributed by atoms with E-state index in [9.17, 15) is 9.90 Å². The third kappa shape index (κ3) is 2.11. The molecule has 0 saturated carbocycles. The van der Waals surface area contributed by atoms with Crippen LogP contribution < -0.4 is 0 Å². The Morgan fingerprint density at radius 3 is 2.81 bits per heavy atom. The number of aliphatic imine (C=N–C) groups is 1. The lowest BCUT2D eigenvalue weighted by Gasteiger charge is -2.08. The summed E-state index contributed by atoms with van der Waals surface area (Å²) < 4.78 is 4.54. The maximum Gasteiger partial charge on any atom is 0.341 e. The lowest BCUT2D eigenvalue weighted by Crippen LogP contribution is -2.02. The SMILES string of the molecule is C=CCc1ccc(C(=O)OC)c(O)c1N=C. The molecule has 84 valence electrons. The first-order chi connectivity index (χ1) is 7.65. The normalized spacial score (nSPS) is 9.56. The summed E-state index contributed by atoms with van der Waals surface area (Å²) in [4.78, 5) is 15.0. The van der Waals surface area contributed by atoms with E-state index in [1.807, 2.05) is 0 Å². The highest BCUT2D eigenvalue weighted by molar-refractivity contribution is 5.94. The van der Waals surface area contributed by atoms with E-state index >= 15 is 0 Å². The minimum absolute atomic E-state index is 0.0812. The summed E-state index contributed by atoms with van der Waals surface area (Å²) >= 11 is 0. The number of benzene rings is 1. The van der Waals surface area contributed by atoms with Gasteiger partial charge < -0.3 is 9.84 Å². The van der Waals surface area contributed by atoms with E-state index in [0.717, 1.165) is 5.56 Å². The Labute approximate surface area is 93.9 Å². The molecule has 0 atom stereocenters. The molecule has 0 aromatic heterocycles. The highest BCUT2D eigenvalue weighted by Gasteiger charge is 2.16.